The third-order valence-corrected chi connectivity index (χ3v) is 6.48. The molecule has 0 saturated carbocycles. The van der Waals surface area contributed by atoms with Gasteiger partial charge in [-0.3, -0.25) is 4.68 Å². The van der Waals surface area contributed by atoms with Gasteiger partial charge in [-0.05, 0) is 31.0 Å². The minimum atomic E-state index is -2.82. The molecule has 2 aromatic heterocycles. The first-order chi connectivity index (χ1) is 12.0. The van der Waals surface area contributed by atoms with Crippen molar-refractivity contribution in [3.05, 3.63) is 42.1 Å². The first-order valence-corrected chi connectivity index (χ1v) is 10.2. The van der Waals surface area contributed by atoms with E-state index in [9.17, 15) is 8.42 Å². The van der Waals surface area contributed by atoms with Crippen molar-refractivity contribution in [2.24, 2.45) is 13.0 Å². The normalized spacial score (nSPS) is 19.6. The zero-order valence-electron chi connectivity index (χ0n) is 14.1. The summed E-state index contributed by atoms with van der Waals surface area (Å²) in [7, 11) is -0.936. The van der Waals surface area contributed by atoms with Crippen LogP contribution in [0, 0.1) is 5.92 Å². The second kappa shape index (κ2) is 6.31. The molecule has 1 unspecified atom stereocenters. The number of furan rings is 1. The highest BCUT2D eigenvalue weighted by Gasteiger charge is 2.27. The van der Waals surface area contributed by atoms with Crippen molar-refractivity contribution in [2.45, 2.75) is 13.0 Å². The largest absolute Gasteiger partial charge is 0.454 e. The summed E-state index contributed by atoms with van der Waals surface area (Å²) >= 11 is 0. The van der Waals surface area contributed by atoms with E-state index in [1.807, 2.05) is 43.6 Å². The van der Waals surface area contributed by atoms with Crippen LogP contribution in [0.3, 0.4) is 0 Å². The van der Waals surface area contributed by atoms with Crippen molar-refractivity contribution in [3.63, 3.8) is 0 Å². The van der Waals surface area contributed by atoms with Gasteiger partial charge < -0.3 is 9.73 Å². The molecule has 4 rings (SSSR count). The molecule has 1 fully saturated rings. The Kier molecular flexibility index (Phi) is 4.13. The number of aromatic nitrogens is 2. The molecule has 0 spiro atoms. The molecule has 1 atom stereocenters. The van der Waals surface area contributed by atoms with Crippen LogP contribution < -0.4 is 5.32 Å². The van der Waals surface area contributed by atoms with E-state index in [0.29, 0.717) is 24.6 Å². The van der Waals surface area contributed by atoms with Crippen LogP contribution in [0.2, 0.25) is 0 Å². The molecule has 7 heteroatoms. The lowest BCUT2D eigenvalue weighted by Crippen LogP contribution is -2.23. The van der Waals surface area contributed by atoms with Crippen LogP contribution in [0.25, 0.3) is 22.4 Å². The first-order valence-electron chi connectivity index (χ1n) is 8.43. The van der Waals surface area contributed by atoms with Crippen LogP contribution in [0.4, 0.5) is 0 Å². The van der Waals surface area contributed by atoms with Gasteiger partial charge in [0.25, 0.3) is 0 Å². The molecule has 0 amide bonds. The Bertz CT molecular complexity index is 971. The average molecular weight is 359 g/mol. The Morgan fingerprint density at radius 1 is 1.36 bits per heavy atom. The Balaban J connectivity index is 1.49. The number of sulfone groups is 1. The Morgan fingerprint density at radius 3 is 2.96 bits per heavy atom. The lowest BCUT2D eigenvalue weighted by atomic mass is 10.1. The number of benzene rings is 1. The van der Waals surface area contributed by atoms with Crippen LogP contribution in [0.15, 0.2) is 40.9 Å². The maximum absolute atomic E-state index is 11.5. The second-order valence-corrected chi connectivity index (χ2v) is 8.95. The lowest BCUT2D eigenvalue weighted by Gasteiger charge is -2.09. The van der Waals surface area contributed by atoms with Crippen molar-refractivity contribution in [1.29, 1.82) is 0 Å². The van der Waals surface area contributed by atoms with Gasteiger partial charge in [0.2, 0.25) is 0 Å². The third kappa shape index (κ3) is 3.48. The third-order valence-electron chi connectivity index (χ3n) is 4.64. The van der Waals surface area contributed by atoms with Gasteiger partial charge in [0.1, 0.15) is 11.3 Å². The number of nitrogens with zero attached hydrogens (tertiary/aromatic N) is 2. The predicted molar refractivity (Wildman–Crippen MR) is 96.9 cm³/mol. The van der Waals surface area contributed by atoms with Crippen molar-refractivity contribution in [2.75, 3.05) is 18.1 Å². The van der Waals surface area contributed by atoms with Crippen LogP contribution >= 0.6 is 0 Å². The van der Waals surface area contributed by atoms with E-state index in [0.717, 1.165) is 34.4 Å². The van der Waals surface area contributed by atoms with Gasteiger partial charge in [-0.25, -0.2) is 8.42 Å². The molecular formula is C18H21N3O3S. The Hall–Kier alpha value is -2.12. The Labute approximate surface area is 146 Å². The number of rotatable bonds is 5. The molecule has 3 aromatic rings. The monoisotopic (exact) mass is 359 g/mol. The molecule has 1 aliphatic rings. The van der Waals surface area contributed by atoms with Crippen molar-refractivity contribution >= 4 is 20.8 Å². The zero-order valence-corrected chi connectivity index (χ0v) is 14.9. The van der Waals surface area contributed by atoms with E-state index < -0.39 is 9.84 Å². The topological polar surface area (TPSA) is 77.1 Å². The van der Waals surface area contributed by atoms with Gasteiger partial charge >= 0.3 is 0 Å². The average Bonchev–Trinajstić information content (AvgIpc) is 3.24. The summed E-state index contributed by atoms with van der Waals surface area (Å²) in [5, 5.41) is 8.97. The number of nitrogens with one attached hydrogen (secondary N) is 1. The fourth-order valence-electron chi connectivity index (χ4n) is 3.42. The molecular weight excluding hydrogens is 338 g/mol. The highest BCUT2D eigenvalue weighted by molar-refractivity contribution is 7.91. The molecule has 1 aliphatic heterocycles. The maximum Gasteiger partial charge on any atom is 0.156 e. The maximum atomic E-state index is 11.5. The second-order valence-electron chi connectivity index (χ2n) is 6.73. The summed E-state index contributed by atoms with van der Waals surface area (Å²) in [6, 6.07) is 9.90. The van der Waals surface area contributed by atoms with Crippen LogP contribution in [-0.4, -0.2) is 36.2 Å². The van der Waals surface area contributed by atoms with Gasteiger partial charge in [-0.15, -0.1) is 0 Å². The van der Waals surface area contributed by atoms with E-state index in [1.54, 1.807) is 4.68 Å². The smallest absolute Gasteiger partial charge is 0.156 e. The highest BCUT2D eigenvalue weighted by atomic mass is 32.2. The van der Waals surface area contributed by atoms with E-state index in [2.05, 4.69) is 10.4 Å². The van der Waals surface area contributed by atoms with E-state index >= 15 is 0 Å². The zero-order chi connectivity index (χ0) is 17.4. The number of hydrogen-bond acceptors (Lipinski definition) is 5. The molecule has 0 aliphatic carbocycles. The molecule has 1 aromatic carbocycles. The van der Waals surface area contributed by atoms with Crippen LogP contribution in [-0.2, 0) is 23.4 Å². The quantitative estimate of drug-likeness (QED) is 0.757. The molecule has 0 radical (unpaired) electrons. The van der Waals surface area contributed by atoms with Gasteiger partial charge in [0.05, 0.1) is 11.5 Å². The van der Waals surface area contributed by atoms with Gasteiger partial charge in [0.15, 0.2) is 15.6 Å². The number of para-hydroxylation sites is 1. The number of hydrogen-bond donors (Lipinski definition) is 1. The van der Waals surface area contributed by atoms with Crippen molar-refractivity contribution < 1.29 is 12.8 Å². The molecule has 25 heavy (non-hydrogen) atoms. The SMILES string of the molecule is Cn1cc(CNCC2CCS(=O)(=O)C2)c(-c2cc3ccccc3o2)n1. The van der Waals surface area contributed by atoms with E-state index in [1.165, 1.54) is 0 Å². The van der Waals surface area contributed by atoms with E-state index in [4.69, 9.17) is 4.42 Å². The molecule has 1 saturated heterocycles. The molecule has 6 nitrogen and oxygen atoms in total. The van der Waals surface area contributed by atoms with Crippen LogP contribution in [0.5, 0.6) is 0 Å². The molecule has 3 heterocycles. The molecule has 132 valence electrons. The van der Waals surface area contributed by atoms with Gasteiger partial charge in [-0.1, -0.05) is 18.2 Å². The summed E-state index contributed by atoms with van der Waals surface area (Å²) < 4.78 is 30.8. The fraction of sp³-hybridized carbons (Fsp3) is 0.389. The minimum absolute atomic E-state index is 0.205. The summed E-state index contributed by atoms with van der Waals surface area (Å²) in [6.07, 6.45) is 2.72. The summed E-state index contributed by atoms with van der Waals surface area (Å²) in [6.45, 7) is 1.34. The number of aryl methyl sites for hydroxylation is 1. The van der Waals surface area contributed by atoms with Crippen molar-refractivity contribution in [3.8, 4) is 11.5 Å². The highest BCUT2D eigenvalue weighted by Crippen LogP contribution is 2.29. The lowest BCUT2D eigenvalue weighted by molar-refractivity contribution is 0.520. The summed E-state index contributed by atoms with van der Waals surface area (Å²) in [4.78, 5) is 0. The minimum Gasteiger partial charge on any atom is -0.454 e. The molecule has 0 bridgehead atoms. The first kappa shape index (κ1) is 16.4. The molecule has 1 N–H and O–H groups in total. The van der Waals surface area contributed by atoms with Gasteiger partial charge in [0, 0.05) is 30.7 Å². The Morgan fingerprint density at radius 2 is 2.20 bits per heavy atom. The standard InChI is InChI=1S/C18H21N3O3S/c1-21-11-15(10-19-9-13-6-7-25(22,23)12-13)18(20-21)17-8-14-4-2-3-5-16(14)24-17/h2-5,8,11,13,19H,6-7,9-10,12H2,1H3. The van der Waals surface area contributed by atoms with Gasteiger partial charge in [-0.2, -0.15) is 5.10 Å². The van der Waals surface area contributed by atoms with E-state index in [-0.39, 0.29) is 5.92 Å². The fourth-order valence-corrected chi connectivity index (χ4v) is 5.28. The van der Waals surface area contributed by atoms with Crippen molar-refractivity contribution in [1.82, 2.24) is 15.1 Å². The predicted octanol–water partition coefficient (Wildman–Crippen LogP) is 2.36. The number of fused-ring (bicyclic) bond motifs is 1. The summed E-state index contributed by atoms with van der Waals surface area (Å²) in [5.74, 6) is 1.57. The summed E-state index contributed by atoms with van der Waals surface area (Å²) in [5.41, 5.74) is 2.71. The van der Waals surface area contributed by atoms with Crippen LogP contribution in [0.1, 0.15) is 12.0 Å².